The van der Waals surface area contributed by atoms with Crippen LogP contribution in [0.2, 0.25) is 0 Å². The van der Waals surface area contributed by atoms with E-state index in [2.05, 4.69) is 25.4 Å². The van der Waals surface area contributed by atoms with Crippen molar-refractivity contribution in [2.24, 2.45) is 0 Å². The minimum Gasteiger partial charge on any atom is -0.355 e. The largest absolute Gasteiger partial charge is 0.355 e. The first-order valence-corrected chi connectivity index (χ1v) is 7.59. The van der Waals surface area contributed by atoms with Gasteiger partial charge < -0.3 is 10.2 Å². The molecule has 2 aromatic heterocycles. The Morgan fingerprint density at radius 3 is 2.50 bits per heavy atom. The lowest BCUT2D eigenvalue weighted by Gasteiger charge is -2.27. The van der Waals surface area contributed by atoms with E-state index in [9.17, 15) is 4.79 Å². The van der Waals surface area contributed by atoms with Crippen molar-refractivity contribution in [1.29, 1.82) is 0 Å². The third kappa shape index (κ3) is 3.58. The van der Waals surface area contributed by atoms with E-state index in [1.165, 1.54) is 19.3 Å². The van der Waals surface area contributed by atoms with Crippen molar-refractivity contribution in [3.8, 4) is 0 Å². The van der Waals surface area contributed by atoms with Crippen LogP contribution in [0, 0.1) is 0 Å². The number of amides is 1. The molecule has 1 fully saturated rings. The van der Waals surface area contributed by atoms with Crippen LogP contribution in [0.1, 0.15) is 35.3 Å². The van der Waals surface area contributed by atoms with Crippen molar-refractivity contribution in [3.05, 3.63) is 47.9 Å². The molecule has 3 heterocycles. The lowest BCUT2D eigenvalue weighted by Crippen LogP contribution is -2.31. The van der Waals surface area contributed by atoms with Crippen LogP contribution in [0.4, 0.5) is 5.82 Å². The number of nitrogens with zero attached hydrogens (tertiary/aromatic N) is 4. The Morgan fingerprint density at radius 2 is 1.82 bits per heavy atom. The predicted molar refractivity (Wildman–Crippen MR) is 83.5 cm³/mol. The van der Waals surface area contributed by atoms with Gasteiger partial charge >= 0.3 is 0 Å². The normalized spacial score (nSPS) is 14.6. The average molecular weight is 297 g/mol. The molecule has 1 saturated heterocycles. The van der Waals surface area contributed by atoms with Gasteiger partial charge in [0.25, 0.3) is 5.91 Å². The number of carbonyl (C=O) groups excluding carboxylic acids is 1. The molecular weight excluding hydrogens is 278 g/mol. The summed E-state index contributed by atoms with van der Waals surface area (Å²) in [6.07, 6.45) is 7.06. The maximum Gasteiger partial charge on any atom is 0.272 e. The van der Waals surface area contributed by atoms with E-state index in [0.717, 1.165) is 24.5 Å². The van der Waals surface area contributed by atoms with Crippen LogP contribution in [0.3, 0.4) is 0 Å². The maximum atomic E-state index is 12.1. The standard InChI is InChI=1S/C16H19N5O/c22-16(18-12-13-6-8-17-9-7-13)14-4-5-15(20-19-14)21-10-2-1-3-11-21/h4-9H,1-3,10-12H2,(H,18,22). The van der Waals surface area contributed by atoms with Crippen molar-refractivity contribution in [2.45, 2.75) is 25.8 Å². The van der Waals surface area contributed by atoms with Gasteiger partial charge in [0, 0.05) is 32.0 Å². The summed E-state index contributed by atoms with van der Waals surface area (Å²) in [6, 6.07) is 7.34. The zero-order valence-electron chi connectivity index (χ0n) is 12.4. The summed E-state index contributed by atoms with van der Waals surface area (Å²) in [5.41, 5.74) is 1.34. The SMILES string of the molecule is O=C(NCc1ccncc1)c1ccc(N2CCCCC2)nn1. The summed E-state index contributed by atoms with van der Waals surface area (Å²) >= 11 is 0. The van der Waals surface area contributed by atoms with Gasteiger partial charge in [0.2, 0.25) is 0 Å². The van der Waals surface area contributed by atoms with Crippen LogP contribution in [0.15, 0.2) is 36.7 Å². The highest BCUT2D eigenvalue weighted by atomic mass is 16.1. The lowest BCUT2D eigenvalue weighted by molar-refractivity contribution is 0.0945. The fourth-order valence-corrected chi connectivity index (χ4v) is 2.51. The highest BCUT2D eigenvalue weighted by Crippen LogP contribution is 2.16. The van der Waals surface area contributed by atoms with Crippen LogP contribution >= 0.6 is 0 Å². The lowest BCUT2D eigenvalue weighted by atomic mass is 10.1. The number of anilines is 1. The van der Waals surface area contributed by atoms with Crippen LogP contribution < -0.4 is 10.2 Å². The van der Waals surface area contributed by atoms with Gasteiger partial charge in [0.05, 0.1) is 0 Å². The second-order valence-corrected chi connectivity index (χ2v) is 5.36. The number of pyridine rings is 1. The van der Waals surface area contributed by atoms with E-state index in [1.54, 1.807) is 18.5 Å². The van der Waals surface area contributed by atoms with Crippen molar-refractivity contribution in [1.82, 2.24) is 20.5 Å². The Morgan fingerprint density at radius 1 is 1.05 bits per heavy atom. The molecule has 0 aromatic carbocycles. The van der Waals surface area contributed by atoms with Crippen molar-refractivity contribution in [3.63, 3.8) is 0 Å². The predicted octanol–water partition coefficient (Wildman–Crippen LogP) is 1.79. The smallest absolute Gasteiger partial charge is 0.272 e. The molecule has 1 N–H and O–H groups in total. The summed E-state index contributed by atoms with van der Waals surface area (Å²) in [5, 5.41) is 11.1. The monoisotopic (exact) mass is 297 g/mol. The highest BCUT2D eigenvalue weighted by molar-refractivity contribution is 5.92. The van der Waals surface area contributed by atoms with Crippen LogP contribution in [-0.2, 0) is 6.54 Å². The van der Waals surface area contributed by atoms with Gasteiger partial charge in [0.1, 0.15) is 0 Å². The molecule has 0 unspecified atom stereocenters. The number of nitrogens with one attached hydrogen (secondary N) is 1. The van der Waals surface area contributed by atoms with Crippen LogP contribution in [0.25, 0.3) is 0 Å². The third-order valence-electron chi connectivity index (χ3n) is 3.77. The van der Waals surface area contributed by atoms with E-state index in [1.807, 2.05) is 18.2 Å². The van der Waals surface area contributed by atoms with Gasteiger partial charge in [-0.3, -0.25) is 9.78 Å². The van der Waals surface area contributed by atoms with Gasteiger partial charge in [-0.2, -0.15) is 0 Å². The second-order valence-electron chi connectivity index (χ2n) is 5.36. The second kappa shape index (κ2) is 6.98. The summed E-state index contributed by atoms with van der Waals surface area (Å²) in [5.74, 6) is 0.639. The molecule has 1 amide bonds. The fraction of sp³-hybridized carbons (Fsp3) is 0.375. The van der Waals surface area contributed by atoms with Crippen molar-refractivity contribution in [2.75, 3.05) is 18.0 Å². The Bertz CT molecular complexity index is 608. The van der Waals surface area contributed by atoms with Gasteiger partial charge in [-0.25, -0.2) is 0 Å². The number of hydrogen-bond acceptors (Lipinski definition) is 5. The molecule has 2 aromatic rings. The van der Waals surface area contributed by atoms with Crippen LogP contribution in [0.5, 0.6) is 0 Å². The summed E-state index contributed by atoms with van der Waals surface area (Å²) < 4.78 is 0. The van der Waals surface area contributed by atoms with Crippen molar-refractivity contribution < 1.29 is 4.79 Å². The quantitative estimate of drug-likeness (QED) is 0.931. The Hall–Kier alpha value is -2.50. The molecule has 1 aliphatic rings. The number of carbonyl (C=O) groups is 1. The van der Waals surface area contributed by atoms with Gasteiger partial charge in [-0.05, 0) is 49.1 Å². The summed E-state index contributed by atoms with van der Waals surface area (Å²) in [6.45, 7) is 2.49. The summed E-state index contributed by atoms with van der Waals surface area (Å²) in [4.78, 5) is 18.2. The molecule has 114 valence electrons. The maximum absolute atomic E-state index is 12.1. The van der Waals surface area contributed by atoms with Gasteiger partial charge in [-0.1, -0.05) is 0 Å². The molecule has 0 spiro atoms. The molecule has 1 aliphatic heterocycles. The Kier molecular flexibility index (Phi) is 4.58. The third-order valence-corrected chi connectivity index (χ3v) is 3.77. The van der Waals surface area contributed by atoms with Gasteiger partial charge in [0.15, 0.2) is 11.5 Å². The molecule has 0 bridgehead atoms. The molecule has 6 heteroatoms. The topological polar surface area (TPSA) is 71.0 Å². The van der Waals surface area contributed by atoms with E-state index < -0.39 is 0 Å². The van der Waals surface area contributed by atoms with Crippen LogP contribution in [-0.4, -0.2) is 34.2 Å². The number of piperidine rings is 1. The molecule has 6 nitrogen and oxygen atoms in total. The zero-order chi connectivity index (χ0) is 15.2. The minimum absolute atomic E-state index is 0.213. The summed E-state index contributed by atoms with van der Waals surface area (Å²) in [7, 11) is 0. The molecule has 0 radical (unpaired) electrons. The van der Waals surface area contributed by atoms with E-state index >= 15 is 0 Å². The first-order chi connectivity index (χ1) is 10.8. The molecule has 0 saturated carbocycles. The highest BCUT2D eigenvalue weighted by Gasteiger charge is 2.14. The zero-order valence-corrected chi connectivity index (χ0v) is 12.4. The minimum atomic E-state index is -0.213. The van der Waals surface area contributed by atoms with E-state index in [0.29, 0.717) is 12.2 Å². The molecule has 0 aliphatic carbocycles. The first kappa shape index (κ1) is 14.4. The molecular formula is C16H19N5O. The Balaban J connectivity index is 1.58. The van der Waals surface area contributed by atoms with E-state index in [-0.39, 0.29) is 5.91 Å². The number of aromatic nitrogens is 3. The fourth-order valence-electron chi connectivity index (χ4n) is 2.51. The molecule has 3 rings (SSSR count). The Labute approximate surface area is 129 Å². The van der Waals surface area contributed by atoms with E-state index in [4.69, 9.17) is 0 Å². The first-order valence-electron chi connectivity index (χ1n) is 7.59. The molecule has 0 atom stereocenters. The number of rotatable bonds is 4. The average Bonchev–Trinajstić information content (AvgIpc) is 2.61. The molecule has 22 heavy (non-hydrogen) atoms. The van der Waals surface area contributed by atoms with Crippen molar-refractivity contribution >= 4 is 11.7 Å². The number of hydrogen-bond donors (Lipinski definition) is 1. The van der Waals surface area contributed by atoms with Gasteiger partial charge in [-0.15, -0.1) is 10.2 Å².